The van der Waals surface area contributed by atoms with E-state index in [2.05, 4.69) is 0 Å². The molecule has 0 amide bonds. The van der Waals surface area contributed by atoms with E-state index in [1.165, 1.54) is 5.56 Å². The molecule has 2 rings (SSSR count). The van der Waals surface area contributed by atoms with Crippen LogP contribution in [0.15, 0.2) is 48.5 Å². The van der Waals surface area contributed by atoms with E-state index in [0.29, 0.717) is 32.0 Å². The van der Waals surface area contributed by atoms with E-state index >= 15 is 0 Å². The molecule has 0 aliphatic rings. The lowest BCUT2D eigenvalue weighted by Crippen LogP contribution is -2.21. The minimum absolute atomic E-state index is 0.0522. The number of hydrogen-bond donors (Lipinski definition) is 0. The van der Waals surface area contributed by atoms with Crippen molar-refractivity contribution in [3.63, 3.8) is 0 Å². The molecule has 6 nitrogen and oxygen atoms in total. The minimum atomic E-state index is -3.50. The van der Waals surface area contributed by atoms with Crippen molar-refractivity contribution >= 4 is 10.1 Å². The third-order valence-electron chi connectivity index (χ3n) is 3.97. The van der Waals surface area contributed by atoms with Gasteiger partial charge in [0, 0.05) is 26.6 Å². The number of benzene rings is 2. The average molecular weight is 409 g/mol. The van der Waals surface area contributed by atoms with Crippen LogP contribution >= 0.6 is 0 Å². The summed E-state index contributed by atoms with van der Waals surface area (Å²) in [7, 11) is -1.82. The highest BCUT2D eigenvalue weighted by molar-refractivity contribution is 7.86. The molecule has 7 heteroatoms. The molecule has 0 saturated heterocycles. The van der Waals surface area contributed by atoms with Crippen molar-refractivity contribution in [2.45, 2.75) is 25.9 Å². The van der Waals surface area contributed by atoms with E-state index in [1.807, 2.05) is 43.3 Å². The van der Waals surface area contributed by atoms with Crippen LogP contribution in [-0.2, 0) is 32.4 Å². The van der Waals surface area contributed by atoms with Crippen molar-refractivity contribution in [3.8, 4) is 11.5 Å². The first-order chi connectivity index (χ1) is 13.4. The molecule has 0 fully saturated rings. The second-order valence-corrected chi connectivity index (χ2v) is 7.99. The first kappa shape index (κ1) is 22.2. The molecule has 0 aliphatic carbocycles. The molecule has 2 aromatic rings. The number of rotatable bonds is 12. The lowest BCUT2D eigenvalue weighted by atomic mass is 10.1. The van der Waals surface area contributed by atoms with Crippen molar-refractivity contribution in [2.75, 3.05) is 33.2 Å². The van der Waals surface area contributed by atoms with Gasteiger partial charge in [-0.15, -0.1) is 0 Å². The molecule has 28 heavy (non-hydrogen) atoms. The van der Waals surface area contributed by atoms with E-state index in [4.69, 9.17) is 18.4 Å². The lowest BCUT2D eigenvalue weighted by molar-refractivity contribution is 0.00474. The topological polar surface area (TPSA) is 71.1 Å². The Balaban J connectivity index is 1.80. The Morgan fingerprint density at radius 1 is 0.929 bits per heavy atom. The molecule has 0 bridgehead atoms. The monoisotopic (exact) mass is 408 g/mol. The third-order valence-corrected chi connectivity index (χ3v) is 4.47. The van der Waals surface area contributed by atoms with E-state index < -0.39 is 10.1 Å². The fraction of sp³-hybridized carbons (Fsp3) is 0.429. The van der Waals surface area contributed by atoms with Crippen LogP contribution in [0.3, 0.4) is 0 Å². The van der Waals surface area contributed by atoms with Crippen LogP contribution < -0.4 is 8.92 Å². The summed E-state index contributed by atoms with van der Waals surface area (Å²) in [5.41, 5.74) is 2.21. The van der Waals surface area contributed by atoms with Crippen LogP contribution in [0.4, 0.5) is 0 Å². The molecule has 0 aromatic heterocycles. The zero-order valence-electron chi connectivity index (χ0n) is 16.6. The van der Waals surface area contributed by atoms with Crippen LogP contribution in [0.5, 0.6) is 11.5 Å². The summed E-state index contributed by atoms with van der Waals surface area (Å²) in [6.45, 7) is 3.74. The van der Waals surface area contributed by atoms with Gasteiger partial charge in [-0.2, -0.15) is 8.42 Å². The molecule has 154 valence electrons. The molecule has 0 radical (unpaired) electrons. The molecular formula is C21H28O6S. The molecule has 0 heterocycles. The van der Waals surface area contributed by atoms with Gasteiger partial charge in [-0.1, -0.05) is 24.3 Å². The Bertz CT molecular complexity index is 794. The van der Waals surface area contributed by atoms with Gasteiger partial charge < -0.3 is 18.4 Å². The molecule has 0 aliphatic heterocycles. The van der Waals surface area contributed by atoms with Gasteiger partial charge in [-0.3, -0.25) is 0 Å². The zero-order chi connectivity index (χ0) is 20.4. The highest BCUT2D eigenvalue weighted by Crippen LogP contribution is 2.17. The van der Waals surface area contributed by atoms with Crippen LogP contribution in [0, 0.1) is 0 Å². The van der Waals surface area contributed by atoms with Gasteiger partial charge in [-0.25, -0.2) is 0 Å². The van der Waals surface area contributed by atoms with Crippen molar-refractivity contribution < 1.29 is 26.8 Å². The Hall–Kier alpha value is -2.09. The SMILES string of the molecule is CCOC(COC)Cc1ccc(OCCc2ccc(OS(C)(=O)=O)cc2)cc1. The van der Waals surface area contributed by atoms with Gasteiger partial charge in [0.15, 0.2) is 0 Å². The van der Waals surface area contributed by atoms with Crippen LogP contribution in [-0.4, -0.2) is 47.7 Å². The number of ether oxygens (including phenoxy) is 3. The van der Waals surface area contributed by atoms with Gasteiger partial charge in [0.1, 0.15) is 11.5 Å². The lowest BCUT2D eigenvalue weighted by Gasteiger charge is -2.16. The van der Waals surface area contributed by atoms with Crippen molar-refractivity contribution in [1.82, 2.24) is 0 Å². The highest BCUT2D eigenvalue weighted by atomic mass is 32.2. The van der Waals surface area contributed by atoms with Gasteiger partial charge in [-0.05, 0) is 42.3 Å². The Morgan fingerprint density at radius 3 is 2.11 bits per heavy atom. The molecule has 0 saturated carbocycles. The first-order valence-corrected chi connectivity index (χ1v) is 11.0. The summed E-state index contributed by atoms with van der Waals surface area (Å²) in [6, 6.07) is 14.9. The maximum Gasteiger partial charge on any atom is 0.306 e. The van der Waals surface area contributed by atoms with Gasteiger partial charge in [0.05, 0.1) is 25.6 Å². The summed E-state index contributed by atoms with van der Waals surface area (Å²) in [6.07, 6.45) is 2.58. The van der Waals surface area contributed by atoms with Crippen LogP contribution in [0.1, 0.15) is 18.1 Å². The summed E-state index contributed by atoms with van der Waals surface area (Å²) >= 11 is 0. The molecule has 1 atom stereocenters. The van der Waals surface area contributed by atoms with Crippen LogP contribution in [0.25, 0.3) is 0 Å². The summed E-state index contributed by atoms with van der Waals surface area (Å²) < 4.78 is 43.7. The molecule has 1 unspecified atom stereocenters. The summed E-state index contributed by atoms with van der Waals surface area (Å²) in [4.78, 5) is 0. The molecule has 2 aromatic carbocycles. The van der Waals surface area contributed by atoms with E-state index in [9.17, 15) is 8.42 Å². The number of methoxy groups -OCH3 is 1. The van der Waals surface area contributed by atoms with Crippen molar-refractivity contribution in [2.24, 2.45) is 0 Å². The largest absolute Gasteiger partial charge is 0.493 e. The standard InChI is InChI=1S/C21H28O6S/c1-4-25-21(16-24-2)15-18-7-9-19(10-8-18)26-14-13-17-5-11-20(12-6-17)27-28(3,22)23/h5-12,21H,4,13-16H2,1-3H3. The predicted octanol–water partition coefficient (Wildman–Crippen LogP) is 3.24. The molecular weight excluding hydrogens is 380 g/mol. The zero-order valence-corrected chi connectivity index (χ0v) is 17.4. The quantitative estimate of drug-likeness (QED) is 0.502. The van der Waals surface area contributed by atoms with Gasteiger partial charge in [0.25, 0.3) is 0 Å². The van der Waals surface area contributed by atoms with E-state index in [-0.39, 0.29) is 6.10 Å². The van der Waals surface area contributed by atoms with Crippen molar-refractivity contribution in [3.05, 3.63) is 59.7 Å². The minimum Gasteiger partial charge on any atom is -0.493 e. The smallest absolute Gasteiger partial charge is 0.306 e. The van der Waals surface area contributed by atoms with Crippen LogP contribution in [0.2, 0.25) is 0 Å². The Kier molecular flexibility index (Phi) is 8.76. The summed E-state index contributed by atoms with van der Waals surface area (Å²) in [5, 5.41) is 0. The van der Waals surface area contributed by atoms with E-state index in [0.717, 1.165) is 24.0 Å². The fourth-order valence-corrected chi connectivity index (χ4v) is 3.21. The second-order valence-electron chi connectivity index (χ2n) is 6.41. The summed E-state index contributed by atoms with van der Waals surface area (Å²) in [5.74, 6) is 1.11. The van der Waals surface area contributed by atoms with Crippen molar-refractivity contribution in [1.29, 1.82) is 0 Å². The molecule has 0 spiro atoms. The third kappa shape index (κ3) is 8.29. The predicted molar refractivity (Wildman–Crippen MR) is 109 cm³/mol. The Labute approximate surface area is 167 Å². The Morgan fingerprint density at radius 2 is 1.54 bits per heavy atom. The normalized spacial score (nSPS) is 12.5. The highest BCUT2D eigenvalue weighted by Gasteiger charge is 2.09. The van der Waals surface area contributed by atoms with Gasteiger partial charge >= 0.3 is 10.1 Å². The van der Waals surface area contributed by atoms with E-state index in [1.54, 1.807) is 19.2 Å². The second kappa shape index (κ2) is 11.0. The molecule has 0 N–H and O–H groups in total. The maximum atomic E-state index is 11.1. The first-order valence-electron chi connectivity index (χ1n) is 9.20. The average Bonchev–Trinajstić information content (AvgIpc) is 2.64. The number of hydrogen-bond acceptors (Lipinski definition) is 6. The fourth-order valence-electron chi connectivity index (χ4n) is 2.75. The van der Waals surface area contributed by atoms with Gasteiger partial charge in [0.2, 0.25) is 0 Å². The maximum absolute atomic E-state index is 11.1.